The van der Waals surface area contributed by atoms with E-state index >= 15 is 0 Å². The third kappa shape index (κ3) is 3.36. The number of carbonyl (C=O) groups excluding carboxylic acids is 2. The molecule has 3 aromatic rings. The van der Waals surface area contributed by atoms with Gasteiger partial charge in [0.15, 0.2) is 0 Å². The lowest BCUT2D eigenvalue weighted by atomic mass is 10.1. The summed E-state index contributed by atoms with van der Waals surface area (Å²) in [5.74, 6) is -0.404. The molecular weight excluding hydrogens is 364 g/mol. The number of hydrogen-bond donors (Lipinski definition) is 0. The van der Waals surface area contributed by atoms with E-state index in [0.717, 1.165) is 30.6 Å². The van der Waals surface area contributed by atoms with Crippen LogP contribution in [0.3, 0.4) is 0 Å². The number of fused-ring (bicyclic) bond motifs is 1. The van der Waals surface area contributed by atoms with E-state index in [1.165, 1.54) is 4.90 Å². The van der Waals surface area contributed by atoms with Gasteiger partial charge in [0.05, 0.1) is 28.2 Å². The number of aromatic nitrogens is 3. The van der Waals surface area contributed by atoms with Gasteiger partial charge in [0, 0.05) is 37.2 Å². The average molecular weight is 381 g/mol. The zero-order chi connectivity index (χ0) is 18.8. The summed E-state index contributed by atoms with van der Waals surface area (Å²) in [6.07, 6.45) is 8.56. The van der Waals surface area contributed by atoms with Crippen molar-refractivity contribution in [2.75, 3.05) is 6.54 Å². The van der Waals surface area contributed by atoms with E-state index in [9.17, 15) is 9.59 Å². The van der Waals surface area contributed by atoms with Crippen LogP contribution in [0.25, 0.3) is 11.3 Å². The monoisotopic (exact) mass is 380 g/mol. The number of halogens is 1. The number of amides is 2. The second-order valence-corrected chi connectivity index (χ2v) is 6.77. The Bertz CT molecular complexity index is 979. The largest absolute Gasteiger partial charge is 0.337 e. The van der Waals surface area contributed by atoms with Gasteiger partial charge in [-0.1, -0.05) is 23.7 Å². The van der Waals surface area contributed by atoms with Crippen molar-refractivity contribution in [2.24, 2.45) is 0 Å². The molecule has 0 aliphatic carbocycles. The van der Waals surface area contributed by atoms with Crippen molar-refractivity contribution in [2.45, 2.75) is 19.4 Å². The molecule has 0 bridgehead atoms. The fourth-order valence-electron chi connectivity index (χ4n) is 3.19. The average Bonchev–Trinajstić information content (AvgIpc) is 3.24. The van der Waals surface area contributed by atoms with Crippen molar-refractivity contribution < 1.29 is 9.59 Å². The second kappa shape index (κ2) is 7.32. The number of carbonyl (C=O) groups is 2. The maximum Gasteiger partial charge on any atom is 0.261 e. The lowest BCUT2D eigenvalue weighted by molar-refractivity contribution is 0.0651. The summed E-state index contributed by atoms with van der Waals surface area (Å²) in [4.78, 5) is 34.5. The normalized spacial score (nSPS) is 13.3. The molecule has 2 aromatic heterocycles. The number of pyridine rings is 1. The van der Waals surface area contributed by atoms with Crippen molar-refractivity contribution in [3.8, 4) is 11.3 Å². The summed E-state index contributed by atoms with van der Waals surface area (Å²) in [5.41, 5.74) is 2.56. The maximum absolute atomic E-state index is 12.3. The molecule has 2 amide bonds. The van der Waals surface area contributed by atoms with E-state index in [1.807, 2.05) is 10.8 Å². The molecule has 0 saturated carbocycles. The van der Waals surface area contributed by atoms with Gasteiger partial charge in [-0.25, -0.2) is 4.98 Å². The molecule has 4 rings (SSSR count). The van der Waals surface area contributed by atoms with Crippen LogP contribution in [0.15, 0.2) is 55.2 Å². The van der Waals surface area contributed by atoms with Gasteiger partial charge in [0.25, 0.3) is 11.8 Å². The molecule has 0 spiro atoms. The predicted molar refractivity (Wildman–Crippen MR) is 102 cm³/mol. The van der Waals surface area contributed by atoms with Crippen LogP contribution in [-0.4, -0.2) is 37.8 Å². The molecule has 1 aromatic carbocycles. The quantitative estimate of drug-likeness (QED) is 0.483. The standard InChI is InChI=1S/C20H17ClN4O2/c21-17-7-8-22-11-16(17)18-12-24(13-23-18)9-3-4-10-25-19(26)14-5-1-2-6-15(14)20(25)27/h1-2,5-8,11-13H,3-4,9-10H2. The molecule has 7 heteroatoms. The fourth-order valence-corrected chi connectivity index (χ4v) is 3.40. The molecular formula is C20H17ClN4O2. The Balaban J connectivity index is 1.32. The number of unbranched alkanes of at least 4 members (excludes halogenated alkanes) is 1. The predicted octanol–water partition coefficient (Wildman–Crippen LogP) is 3.67. The van der Waals surface area contributed by atoms with Gasteiger partial charge >= 0.3 is 0 Å². The number of aryl methyl sites for hydroxylation is 1. The minimum atomic E-state index is -0.202. The Kier molecular flexibility index (Phi) is 4.73. The van der Waals surface area contributed by atoms with Crippen LogP contribution in [0.2, 0.25) is 5.02 Å². The van der Waals surface area contributed by atoms with Gasteiger partial charge in [-0.3, -0.25) is 19.5 Å². The molecule has 1 aliphatic heterocycles. The van der Waals surface area contributed by atoms with Crippen LogP contribution in [0.4, 0.5) is 0 Å². The second-order valence-electron chi connectivity index (χ2n) is 6.37. The van der Waals surface area contributed by atoms with Gasteiger partial charge in [0.2, 0.25) is 0 Å². The highest BCUT2D eigenvalue weighted by molar-refractivity contribution is 6.33. The summed E-state index contributed by atoms with van der Waals surface area (Å²) in [6.45, 7) is 1.16. The van der Waals surface area contributed by atoms with E-state index in [1.54, 1.807) is 49.1 Å². The zero-order valence-electron chi connectivity index (χ0n) is 14.5. The Morgan fingerprint density at radius 1 is 0.926 bits per heavy atom. The van der Waals surface area contributed by atoms with E-state index in [-0.39, 0.29) is 11.8 Å². The van der Waals surface area contributed by atoms with Crippen molar-refractivity contribution in [1.82, 2.24) is 19.4 Å². The number of rotatable bonds is 6. The molecule has 0 unspecified atom stereocenters. The highest BCUT2D eigenvalue weighted by Crippen LogP contribution is 2.25. The number of imide groups is 1. The lowest BCUT2D eigenvalue weighted by Crippen LogP contribution is -2.30. The third-order valence-electron chi connectivity index (χ3n) is 4.60. The summed E-state index contributed by atoms with van der Waals surface area (Å²) >= 11 is 6.17. The van der Waals surface area contributed by atoms with Crippen molar-refractivity contribution in [3.05, 3.63) is 71.4 Å². The summed E-state index contributed by atoms with van der Waals surface area (Å²) in [6, 6.07) is 8.69. The highest BCUT2D eigenvalue weighted by atomic mass is 35.5. The summed E-state index contributed by atoms with van der Waals surface area (Å²) in [5, 5.41) is 0.612. The highest BCUT2D eigenvalue weighted by Gasteiger charge is 2.34. The minimum absolute atomic E-state index is 0.202. The SMILES string of the molecule is O=C1c2ccccc2C(=O)N1CCCCn1cnc(-c2cnccc2Cl)c1. The van der Waals surface area contributed by atoms with Crippen LogP contribution in [-0.2, 0) is 6.54 Å². The topological polar surface area (TPSA) is 68.1 Å². The summed E-state index contributed by atoms with van der Waals surface area (Å²) in [7, 11) is 0. The molecule has 6 nitrogen and oxygen atoms in total. The maximum atomic E-state index is 12.3. The lowest BCUT2D eigenvalue weighted by Gasteiger charge is -2.13. The molecule has 27 heavy (non-hydrogen) atoms. The molecule has 0 N–H and O–H groups in total. The number of imidazole rings is 1. The van der Waals surface area contributed by atoms with Crippen molar-refractivity contribution in [1.29, 1.82) is 0 Å². The van der Waals surface area contributed by atoms with Gasteiger partial charge in [-0.15, -0.1) is 0 Å². The first-order chi connectivity index (χ1) is 13.1. The first-order valence-electron chi connectivity index (χ1n) is 8.72. The fraction of sp³-hybridized carbons (Fsp3) is 0.200. The first-order valence-corrected chi connectivity index (χ1v) is 9.10. The van der Waals surface area contributed by atoms with E-state index in [4.69, 9.17) is 11.6 Å². The third-order valence-corrected chi connectivity index (χ3v) is 4.93. The number of nitrogens with zero attached hydrogens (tertiary/aromatic N) is 4. The Labute approximate surface area is 161 Å². The van der Waals surface area contributed by atoms with Gasteiger partial charge < -0.3 is 4.57 Å². The van der Waals surface area contributed by atoms with Crippen LogP contribution < -0.4 is 0 Å². The van der Waals surface area contributed by atoms with E-state index in [0.29, 0.717) is 22.7 Å². The zero-order valence-corrected chi connectivity index (χ0v) is 15.3. The molecule has 0 saturated heterocycles. The van der Waals surface area contributed by atoms with Gasteiger partial charge in [-0.2, -0.15) is 0 Å². The van der Waals surface area contributed by atoms with E-state index < -0.39 is 0 Å². The number of benzene rings is 1. The molecule has 1 aliphatic rings. The van der Waals surface area contributed by atoms with Crippen molar-refractivity contribution >= 4 is 23.4 Å². The van der Waals surface area contributed by atoms with Gasteiger partial charge in [-0.05, 0) is 31.0 Å². The Morgan fingerprint density at radius 3 is 2.33 bits per heavy atom. The Morgan fingerprint density at radius 2 is 1.63 bits per heavy atom. The van der Waals surface area contributed by atoms with Crippen LogP contribution in [0.1, 0.15) is 33.6 Å². The van der Waals surface area contributed by atoms with Crippen LogP contribution >= 0.6 is 11.6 Å². The molecule has 136 valence electrons. The molecule has 3 heterocycles. The Hall–Kier alpha value is -2.99. The van der Waals surface area contributed by atoms with Gasteiger partial charge in [0.1, 0.15) is 0 Å². The molecule has 0 fully saturated rings. The van der Waals surface area contributed by atoms with Crippen molar-refractivity contribution in [3.63, 3.8) is 0 Å². The smallest absolute Gasteiger partial charge is 0.261 e. The molecule has 0 atom stereocenters. The van der Waals surface area contributed by atoms with Crippen LogP contribution in [0, 0.1) is 0 Å². The van der Waals surface area contributed by atoms with E-state index in [2.05, 4.69) is 9.97 Å². The first kappa shape index (κ1) is 17.4. The summed E-state index contributed by atoms with van der Waals surface area (Å²) < 4.78 is 1.97. The molecule has 0 radical (unpaired) electrons. The number of hydrogen-bond acceptors (Lipinski definition) is 4. The van der Waals surface area contributed by atoms with Crippen LogP contribution in [0.5, 0.6) is 0 Å². The minimum Gasteiger partial charge on any atom is -0.337 e.